The highest BCUT2D eigenvalue weighted by atomic mass is 16.5. The Morgan fingerprint density at radius 1 is 0.962 bits per heavy atom. The summed E-state index contributed by atoms with van der Waals surface area (Å²) in [6.07, 6.45) is -0.874. The zero-order chi connectivity index (χ0) is 18.9. The van der Waals surface area contributed by atoms with E-state index in [1.807, 2.05) is 60.7 Å². The quantitative estimate of drug-likeness (QED) is 0.714. The zero-order valence-corrected chi connectivity index (χ0v) is 15.1. The smallest absolute Gasteiger partial charge is 0.329 e. The second kappa shape index (κ2) is 9.73. The van der Waals surface area contributed by atoms with Crippen LogP contribution in [0.15, 0.2) is 60.7 Å². The van der Waals surface area contributed by atoms with Crippen molar-refractivity contribution in [3.05, 3.63) is 71.8 Å². The number of benzene rings is 2. The summed E-state index contributed by atoms with van der Waals surface area (Å²) in [5, 5.41) is 12.6. The molecule has 26 heavy (non-hydrogen) atoms. The van der Waals surface area contributed by atoms with Crippen molar-refractivity contribution in [1.29, 1.82) is 0 Å². The van der Waals surface area contributed by atoms with Crippen LogP contribution in [0.2, 0.25) is 0 Å². The first-order valence-corrected chi connectivity index (χ1v) is 8.70. The Hall–Kier alpha value is -2.66. The van der Waals surface area contributed by atoms with E-state index in [9.17, 15) is 14.7 Å². The Kier molecular flexibility index (Phi) is 7.36. The maximum atomic E-state index is 12.5. The first kappa shape index (κ1) is 19.7. The molecular weight excluding hydrogens is 330 g/mol. The fourth-order valence-corrected chi connectivity index (χ4v) is 2.43. The van der Waals surface area contributed by atoms with Gasteiger partial charge in [0.1, 0.15) is 18.8 Å². The molecule has 0 saturated heterocycles. The fourth-order valence-electron chi connectivity index (χ4n) is 2.43. The summed E-state index contributed by atoms with van der Waals surface area (Å²) in [4.78, 5) is 24.7. The number of carbonyl (C=O) groups excluding carboxylic acids is 2. The number of hydrogen-bond donors (Lipinski definition) is 2. The van der Waals surface area contributed by atoms with Crippen LogP contribution >= 0.6 is 0 Å². The highest BCUT2D eigenvalue weighted by molar-refractivity contribution is 5.87. The van der Waals surface area contributed by atoms with Gasteiger partial charge in [-0.2, -0.15) is 0 Å². The van der Waals surface area contributed by atoms with Gasteiger partial charge in [0.15, 0.2) is 0 Å². The third kappa shape index (κ3) is 6.01. The Balaban J connectivity index is 2.05. The van der Waals surface area contributed by atoms with Crippen molar-refractivity contribution in [3.63, 3.8) is 0 Å². The van der Waals surface area contributed by atoms with Crippen LogP contribution < -0.4 is 5.32 Å². The van der Waals surface area contributed by atoms with Crippen LogP contribution in [0.4, 0.5) is 0 Å². The van der Waals surface area contributed by atoms with Crippen LogP contribution in [-0.2, 0) is 27.4 Å². The molecule has 5 heteroatoms. The van der Waals surface area contributed by atoms with Crippen molar-refractivity contribution in [2.24, 2.45) is 5.92 Å². The predicted molar refractivity (Wildman–Crippen MR) is 99.2 cm³/mol. The van der Waals surface area contributed by atoms with Crippen molar-refractivity contribution in [2.45, 2.75) is 39.0 Å². The van der Waals surface area contributed by atoms with Gasteiger partial charge in [-0.05, 0) is 17.0 Å². The summed E-state index contributed by atoms with van der Waals surface area (Å²) < 4.78 is 5.37. The van der Waals surface area contributed by atoms with Crippen LogP contribution in [0.25, 0.3) is 0 Å². The normalized spacial score (nSPS) is 13.1. The number of ether oxygens (including phenoxy) is 1. The Morgan fingerprint density at radius 3 is 2.04 bits per heavy atom. The molecule has 2 rings (SSSR count). The van der Waals surface area contributed by atoms with Gasteiger partial charge in [-0.15, -0.1) is 0 Å². The molecule has 0 bridgehead atoms. The minimum absolute atomic E-state index is 0.133. The van der Waals surface area contributed by atoms with Crippen LogP contribution in [0.5, 0.6) is 0 Å². The first-order valence-electron chi connectivity index (χ1n) is 8.70. The van der Waals surface area contributed by atoms with Gasteiger partial charge in [-0.1, -0.05) is 74.5 Å². The molecule has 2 aromatic rings. The van der Waals surface area contributed by atoms with E-state index in [1.165, 1.54) is 0 Å². The molecular formula is C21H25NO4. The van der Waals surface area contributed by atoms with Gasteiger partial charge in [0, 0.05) is 6.42 Å². The monoisotopic (exact) mass is 355 g/mol. The molecule has 0 fully saturated rings. The second-order valence-corrected chi connectivity index (χ2v) is 6.53. The van der Waals surface area contributed by atoms with Crippen LogP contribution in [0.1, 0.15) is 25.0 Å². The molecule has 138 valence electrons. The van der Waals surface area contributed by atoms with Gasteiger partial charge >= 0.3 is 5.97 Å². The molecule has 0 spiro atoms. The van der Waals surface area contributed by atoms with Crippen molar-refractivity contribution in [1.82, 2.24) is 5.32 Å². The number of rotatable bonds is 8. The van der Waals surface area contributed by atoms with E-state index >= 15 is 0 Å². The summed E-state index contributed by atoms with van der Waals surface area (Å²) in [6.45, 7) is 3.61. The number of amides is 1. The molecule has 5 nitrogen and oxygen atoms in total. The fraction of sp³-hybridized carbons (Fsp3) is 0.333. The van der Waals surface area contributed by atoms with Crippen molar-refractivity contribution in [2.75, 3.05) is 0 Å². The summed E-state index contributed by atoms with van der Waals surface area (Å²) in [7, 11) is 0. The van der Waals surface area contributed by atoms with E-state index in [0.717, 1.165) is 11.1 Å². The molecule has 0 aliphatic heterocycles. The highest BCUT2D eigenvalue weighted by Gasteiger charge is 2.27. The number of aliphatic hydroxyl groups excluding tert-OH is 1. The summed E-state index contributed by atoms with van der Waals surface area (Å²) >= 11 is 0. The molecule has 0 aliphatic rings. The maximum Gasteiger partial charge on any atom is 0.329 e. The Morgan fingerprint density at radius 2 is 1.50 bits per heavy atom. The van der Waals surface area contributed by atoms with Crippen LogP contribution in [-0.4, -0.2) is 29.1 Å². The van der Waals surface area contributed by atoms with Crippen molar-refractivity contribution < 1.29 is 19.4 Å². The molecule has 0 unspecified atom stereocenters. The molecule has 2 atom stereocenters. The third-order valence-electron chi connectivity index (χ3n) is 4.01. The summed E-state index contributed by atoms with van der Waals surface area (Å²) in [5.74, 6) is -1.34. The zero-order valence-electron chi connectivity index (χ0n) is 15.1. The number of carbonyl (C=O) groups is 2. The first-order chi connectivity index (χ1) is 12.5. The predicted octanol–water partition coefficient (Wildman–Crippen LogP) is 2.47. The average Bonchev–Trinajstić information content (AvgIpc) is 2.66. The van der Waals surface area contributed by atoms with Gasteiger partial charge in [0.2, 0.25) is 5.91 Å². The number of aliphatic hydroxyl groups is 1. The van der Waals surface area contributed by atoms with E-state index in [1.54, 1.807) is 13.8 Å². The van der Waals surface area contributed by atoms with E-state index < -0.39 is 24.0 Å². The lowest BCUT2D eigenvalue weighted by Crippen LogP contribution is -2.48. The summed E-state index contributed by atoms with van der Waals surface area (Å²) in [5.41, 5.74) is 1.77. The topological polar surface area (TPSA) is 75.6 Å². The largest absolute Gasteiger partial charge is 0.459 e. The van der Waals surface area contributed by atoms with Gasteiger partial charge in [0.25, 0.3) is 0 Å². The molecule has 0 saturated carbocycles. The lowest BCUT2D eigenvalue weighted by molar-refractivity contribution is -0.150. The molecule has 0 heterocycles. The van der Waals surface area contributed by atoms with Gasteiger partial charge in [-0.25, -0.2) is 4.79 Å². The van der Waals surface area contributed by atoms with Gasteiger partial charge < -0.3 is 15.2 Å². The Bertz CT molecular complexity index is 700. The van der Waals surface area contributed by atoms with Crippen molar-refractivity contribution >= 4 is 11.9 Å². The van der Waals surface area contributed by atoms with Gasteiger partial charge in [-0.3, -0.25) is 4.79 Å². The molecule has 0 aromatic heterocycles. The molecule has 0 aliphatic carbocycles. The van der Waals surface area contributed by atoms with Gasteiger partial charge in [0.05, 0.1) is 0 Å². The van der Waals surface area contributed by atoms with E-state index in [2.05, 4.69) is 5.32 Å². The SMILES string of the molecule is CC(C)[C@@H](O)C(=O)N[C@@H](Cc1ccccc1)C(=O)OCc1ccccc1. The number of nitrogens with one attached hydrogen (secondary N) is 1. The second-order valence-electron chi connectivity index (χ2n) is 6.53. The van der Waals surface area contributed by atoms with E-state index in [0.29, 0.717) is 6.42 Å². The van der Waals surface area contributed by atoms with Crippen LogP contribution in [0, 0.1) is 5.92 Å². The molecule has 1 amide bonds. The molecule has 2 aromatic carbocycles. The number of hydrogen-bond acceptors (Lipinski definition) is 4. The lowest BCUT2D eigenvalue weighted by Gasteiger charge is -2.21. The lowest BCUT2D eigenvalue weighted by atomic mass is 10.0. The maximum absolute atomic E-state index is 12.5. The Labute approximate surface area is 154 Å². The van der Waals surface area contributed by atoms with Crippen LogP contribution in [0.3, 0.4) is 0 Å². The third-order valence-corrected chi connectivity index (χ3v) is 4.01. The van der Waals surface area contributed by atoms with E-state index in [4.69, 9.17) is 4.74 Å². The molecule has 0 radical (unpaired) electrons. The number of esters is 1. The highest BCUT2D eigenvalue weighted by Crippen LogP contribution is 2.09. The standard InChI is InChI=1S/C21H25NO4/c1-15(2)19(23)20(24)22-18(13-16-9-5-3-6-10-16)21(25)26-14-17-11-7-4-8-12-17/h3-12,15,18-19,23H,13-14H2,1-2H3,(H,22,24)/t18-,19+/m0/s1. The minimum atomic E-state index is -1.17. The van der Waals surface area contributed by atoms with Crippen molar-refractivity contribution in [3.8, 4) is 0 Å². The summed E-state index contributed by atoms with van der Waals surface area (Å²) in [6, 6.07) is 17.9. The average molecular weight is 355 g/mol. The molecule has 2 N–H and O–H groups in total. The van der Waals surface area contributed by atoms with E-state index in [-0.39, 0.29) is 12.5 Å². The minimum Gasteiger partial charge on any atom is -0.459 e.